The largest absolute Gasteiger partial charge is 0.491 e. The molecule has 1 heterocycles. The van der Waals surface area contributed by atoms with Crippen molar-refractivity contribution >= 4 is 11.6 Å². The molecule has 0 radical (unpaired) electrons. The summed E-state index contributed by atoms with van der Waals surface area (Å²) < 4.78 is 20.8. The van der Waals surface area contributed by atoms with Crippen molar-refractivity contribution in [1.29, 1.82) is 0 Å². The van der Waals surface area contributed by atoms with E-state index in [9.17, 15) is 9.18 Å². The first-order valence-corrected chi connectivity index (χ1v) is 9.58. The predicted molar refractivity (Wildman–Crippen MR) is 114 cm³/mol. The number of amides is 1. The third-order valence-corrected chi connectivity index (χ3v) is 4.52. The Labute approximate surface area is 173 Å². The molecule has 150 valence electrons. The number of halogens is 1. The van der Waals surface area contributed by atoms with Crippen LogP contribution in [0.3, 0.4) is 0 Å². The highest BCUT2D eigenvalue weighted by atomic mass is 19.1. The van der Waals surface area contributed by atoms with Gasteiger partial charge in [0.25, 0.3) is 5.91 Å². The Hall–Kier alpha value is -3.93. The van der Waals surface area contributed by atoms with E-state index in [0.717, 1.165) is 6.42 Å². The first-order chi connectivity index (χ1) is 14.7. The number of ether oxygens (including phenoxy) is 1. The summed E-state index contributed by atoms with van der Waals surface area (Å²) in [6, 6.07) is 24.9. The third kappa shape index (κ3) is 4.72. The fraction of sp³-hybridized carbons (Fsp3) is 0.0833. The molecule has 0 unspecified atom stereocenters. The van der Waals surface area contributed by atoms with Gasteiger partial charge < -0.3 is 10.1 Å². The number of nitrogens with one attached hydrogen (secondary N) is 1. The number of para-hydroxylation sites is 2. The van der Waals surface area contributed by atoms with E-state index in [1.54, 1.807) is 30.5 Å². The topological polar surface area (TPSA) is 56.1 Å². The van der Waals surface area contributed by atoms with Crippen molar-refractivity contribution in [2.24, 2.45) is 0 Å². The molecule has 4 rings (SSSR count). The van der Waals surface area contributed by atoms with E-state index in [2.05, 4.69) is 10.4 Å². The van der Waals surface area contributed by atoms with Gasteiger partial charge in [0.15, 0.2) is 5.69 Å². The van der Waals surface area contributed by atoms with Gasteiger partial charge in [0, 0.05) is 12.6 Å². The first-order valence-electron chi connectivity index (χ1n) is 9.58. The van der Waals surface area contributed by atoms with E-state index in [-0.39, 0.29) is 17.4 Å². The maximum Gasteiger partial charge on any atom is 0.276 e. The molecule has 4 aromatic rings. The molecular weight excluding hydrogens is 381 g/mol. The zero-order chi connectivity index (χ0) is 20.8. The number of rotatable bonds is 7. The molecule has 0 atom stereocenters. The van der Waals surface area contributed by atoms with Crippen LogP contribution in [0.4, 0.5) is 10.1 Å². The summed E-state index contributed by atoms with van der Waals surface area (Å²) in [6.07, 6.45) is 2.38. The average Bonchev–Trinajstić information content (AvgIpc) is 3.26. The molecule has 0 aliphatic carbocycles. The van der Waals surface area contributed by atoms with E-state index >= 15 is 0 Å². The van der Waals surface area contributed by atoms with Crippen molar-refractivity contribution < 1.29 is 13.9 Å². The summed E-state index contributed by atoms with van der Waals surface area (Å²) in [5, 5.41) is 7.08. The summed E-state index contributed by atoms with van der Waals surface area (Å²) in [7, 11) is 0. The summed E-state index contributed by atoms with van der Waals surface area (Å²) >= 11 is 0. The highest BCUT2D eigenvalue weighted by molar-refractivity contribution is 6.03. The van der Waals surface area contributed by atoms with E-state index < -0.39 is 0 Å². The van der Waals surface area contributed by atoms with Gasteiger partial charge in [-0.3, -0.25) is 4.79 Å². The Morgan fingerprint density at radius 3 is 2.60 bits per heavy atom. The Balaban J connectivity index is 1.42. The molecule has 0 saturated heterocycles. The number of anilines is 1. The lowest BCUT2D eigenvalue weighted by Crippen LogP contribution is -2.14. The zero-order valence-corrected chi connectivity index (χ0v) is 16.2. The molecule has 3 aromatic carbocycles. The lowest BCUT2D eigenvalue weighted by atomic mass is 10.2. The number of hydrogen-bond donors (Lipinski definition) is 1. The SMILES string of the molecule is O=C(Nc1ccccc1OCCc1ccccc1)c1ccn(-c2cccc(F)c2)n1. The van der Waals surface area contributed by atoms with E-state index in [1.165, 1.54) is 22.4 Å². The molecule has 0 fully saturated rings. The van der Waals surface area contributed by atoms with Crippen molar-refractivity contribution in [3.05, 3.63) is 108 Å². The number of carbonyl (C=O) groups is 1. The Kier molecular flexibility index (Phi) is 5.85. The van der Waals surface area contributed by atoms with Gasteiger partial charge in [-0.05, 0) is 42.0 Å². The van der Waals surface area contributed by atoms with Crippen LogP contribution in [0.25, 0.3) is 5.69 Å². The number of benzene rings is 3. The highest BCUT2D eigenvalue weighted by Crippen LogP contribution is 2.24. The van der Waals surface area contributed by atoms with Crippen LogP contribution in [0.1, 0.15) is 16.1 Å². The molecule has 1 aromatic heterocycles. The minimum atomic E-state index is -0.371. The standard InChI is InChI=1S/C24H20FN3O2/c25-19-9-6-10-20(17-19)28-15-13-22(27-28)24(29)26-21-11-4-5-12-23(21)30-16-14-18-7-2-1-3-8-18/h1-13,15,17H,14,16H2,(H,26,29). The van der Waals surface area contributed by atoms with Crippen LogP contribution in [-0.4, -0.2) is 22.3 Å². The van der Waals surface area contributed by atoms with Gasteiger partial charge >= 0.3 is 0 Å². The smallest absolute Gasteiger partial charge is 0.276 e. The van der Waals surface area contributed by atoms with E-state index in [4.69, 9.17) is 4.74 Å². The molecule has 0 aliphatic rings. The second-order valence-electron chi connectivity index (χ2n) is 6.66. The Morgan fingerprint density at radius 1 is 0.967 bits per heavy atom. The molecule has 6 heteroatoms. The van der Waals surface area contributed by atoms with Gasteiger partial charge in [0.05, 0.1) is 18.0 Å². The van der Waals surface area contributed by atoms with Gasteiger partial charge in [0.2, 0.25) is 0 Å². The lowest BCUT2D eigenvalue weighted by Gasteiger charge is -2.12. The van der Waals surface area contributed by atoms with Gasteiger partial charge in [-0.1, -0.05) is 48.5 Å². The summed E-state index contributed by atoms with van der Waals surface area (Å²) in [6.45, 7) is 0.491. The van der Waals surface area contributed by atoms with Crippen LogP contribution in [0.2, 0.25) is 0 Å². The summed E-state index contributed by atoms with van der Waals surface area (Å²) in [5.74, 6) is -0.147. The molecule has 1 amide bonds. The van der Waals surface area contributed by atoms with Crippen LogP contribution in [0.5, 0.6) is 5.75 Å². The third-order valence-electron chi connectivity index (χ3n) is 4.52. The van der Waals surface area contributed by atoms with E-state index in [1.807, 2.05) is 48.5 Å². The zero-order valence-electron chi connectivity index (χ0n) is 16.2. The normalized spacial score (nSPS) is 10.6. The minimum Gasteiger partial charge on any atom is -0.491 e. The monoisotopic (exact) mass is 401 g/mol. The molecule has 0 bridgehead atoms. The Bertz CT molecular complexity index is 1140. The van der Waals surface area contributed by atoms with Gasteiger partial charge in [0.1, 0.15) is 11.6 Å². The van der Waals surface area contributed by atoms with Gasteiger partial charge in [-0.25, -0.2) is 9.07 Å². The Morgan fingerprint density at radius 2 is 1.77 bits per heavy atom. The van der Waals surface area contributed by atoms with Crippen LogP contribution < -0.4 is 10.1 Å². The molecule has 30 heavy (non-hydrogen) atoms. The second-order valence-corrected chi connectivity index (χ2v) is 6.66. The van der Waals surface area contributed by atoms with Crippen molar-refractivity contribution in [3.63, 3.8) is 0 Å². The number of carbonyl (C=O) groups excluding carboxylic acids is 1. The van der Waals surface area contributed by atoms with Crippen LogP contribution >= 0.6 is 0 Å². The second kappa shape index (κ2) is 9.05. The number of hydrogen-bond acceptors (Lipinski definition) is 3. The molecule has 5 nitrogen and oxygen atoms in total. The molecule has 0 saturated carbocycles. The minimum absolute atomic E-state index is 0.221. The summed E-state index contributed by atoms with van der Waals surface area (Å²) in [5.41, 5.74) is 2.51. The quantitative estimate of drug-likeness (QED) is 0.480. The van der Waals surface area contributed by atoms with Gasteiger partial charge in [-0.15, -0.1) is 0 Å². The van der Waals surface area contributed by atoms with Crippen LogP contribution in [0, 0.1) is 5.82 Å². The molecular formula is C24H20FN3O2. The average molecular weight is 401 g/mol. The fourth-order valence-corrected chi connectivity index (χ4v) is 3.01. The van der Waals surface area contributed by atoms with Crippen LogP contribution in [0.15, 0.2) is 91.1 Å². The fourth-order valence-electron chi connectivity index (χ4n) is 3.01. The molecule has 0 spiro atoms. The van der Waals surface area contributed by atoms with Crippen molar-refractivity contribution in [1.82, 2.24) is 9.78 Å². The van der Waals surface area contributed by atoms with Crippen molar-refractivity contribution in [2.45, 2.75) is 6.42 Å². The van der Waals surface area contributed by atoms with Crippen molar-refractivity contribution in [3.8, 4) is 11.4 Å². The predicted octanol–water partition coefficient (Wildman–Crippen LogP) is 4.89. The van der Waals surface area contributed by atoms with Crippen molar-refractivity contribution in [2.75, 3.05) is 11.9 Å². The van der Waals surface area contributed by atoms with E-state index in [0.29, 0.717) is 23.7 Å². The molecule has 0 aliphatic heterocycles. The lowest BCUT2D eigenvalue weighted by molar-refractivity contribution is 0.102. The first kappa shape index (κ1) is 19.4. The maximum atomic E-state index is 13.4. The summed E-state index contributed by atoms with van der Waals surface area (Å²) in [4.78, 5) is 12.7. The number of nitrogens with zero attached hydrogens (tertiary/aromatic N) is 2. The van der Waals surface area contributed by atoms with Crippen LogP contribution in [-0.2, 0) is 6.42 Å². The highest BCUT2D eigenvalue weighted by Gasteiger charge is 2.13. The number of aromatic nitrogens is 2. The molecule has 1 N–H and O–H groups in total. The maximum absolute atomic E-state index is 13.4. The van der Waals surface area contributed by atoms with Gasteiger partial charge in [-0.2, -0.15) is 5.10 Å².